The van der Waals surface area contributed by atoms with Gasteiger partial charge in [-0.05, 0) is 58.2 Å². The summed E-state index contributed by atoms with van der Waals surface area (Å²) in [6.07, 6.45) is 2.60. The number of esters is 1. The highest BCUT2D eigenvalue weighted by Crippen LogP contribution is 2.23. The van der Waals surface area contributed by atoms with Crippen LogP contribution in [-0.2, 0) is 19.6 Å². The van der Waals surface area contributed by atoms with Crippen molar-refractivity contribution >= 4 is 27.9 Å². The zero-order valence-electron chi connectivity index (χ0n) is 17.8. The molecule has 0 unspecified atom stereocenters. The van der Waals surface area contributed by atoms with E-state index in [1.54, 1.807) is 27.7 Å². The van der Waals surface area contributed by atoms with Crippen molar-refractivity contribution in [2.24, 2.45) is 0 Å². The van der Waals surface area contributed by atoms with Gasteiger partial charge in [0.1, 0.15) is 0 Å². The number of amides is 3. The molecule has 1 saturated heterocycles. The Bertz CT molecular complexity index is 915. The Balaban J connectivity index is 2.04. The Morgan fingerprint density at radius 3 is 2.33 bits per heavy atom. The van der Waals surface area contributed by atoms with E-state index < -0.39 is 40.1 Å². The molecule has 1 aromatic carbocycles. The SMILES string of the molecule is Cc1ccc(S(=O)(=O)N2CCCCC2)cc1C(=O)OCC(=O)NC(=O)NC(C)(C)C. The Morgan fingerprint density at radius 1 is 1.10 bits per heavy atom. The van der Waals surface area contributed by atoms with Crippen molar-refractivity contribution in [2.45, 2.75) is 57.4 Å². The number of sulfonamides is 1. The van der Waals surface area contributed by atoms with Crippen LogP contribution in [0.5, 0.6) is 0 Å². The average molecular weight is 440 g/mol. The molecule has 2 rings (SSSR count). The number of urea groups is 1. The van der Waals surface area contributed by atoms with Crippen LogP contribution in [0.15, 0.2) is 23.1 Å². The van der Waals surface area contributed by atoms with Gasteiger partial charge in [-0.15, -0.1) is 0 Å². The van der Waals surface area contributed by atoms with Crippen molar-refractivity contribution in [3.63, 3.8) is 0 Å². The zero-order valence-corrected chi connectivity index (χ0v) is 18.6. The second-order valence-electron chi connectivity index (χ2n) is 8.27. The topological polar surface area (TPSA) is 122 Å². The summed E-state index contributed by atoms with van der Waals surface area (Å²) in [7, 11) is -3.71. The summed E-state index contributed by atoms with van der Waals surface area (Å²) in [6.45, 7) is 7.14. The maximum atomic E-state index is 12.8. The van der Waals surface area contributed by atoms with Crippen molar-refractivity contribution in [1.29, 1.82) is 0 Å². The highest BCUT2D eigenvalue weighted by Gasteiger charge is 2.27. The van der Waals surface area contributed by atoms with Crippen molar-refractivity contribution in [2.75, 3.05) is 19.7 Å². The fourth-order valence-electron chi connectivity index (χ4n) is 2.98. The van der Waals surface area contributed by atoms with Gasteiger partial charge in [0.15, 0.2) is 6.61 Å². The number of nitrogens with one attached hydrogen (secondary N) is 2. The van der Waals surface area contributed by atoms with E-state index in [0.29, 0.717) is 18.7 Å². The van der Waals surface area contributed by atoms with Gasteiger partial charge >= 0.3 is 12.0 Å². The first-order valence-corrected chi connectivity index (χ1v) is 11.2. The van der Waals surface area contributed by atoms with E-state index in [1.807, 2.05) is 0 Å². The monoisotopic (exact) mass is 439 g/mol. The first kappa shape index (κ1) is 23.8. The summed E-state index contributed by atoms with van der Waals surface area (Å²) in [5, 5.41) is 4.62. The van der Waals surface area contributed by atoms with Crippen LogP contribution in [0.3, 0.4) is 0 Å². The summed E-state index contributed by atoms with van der Waals surface area (Å²) in [6, 6.07) is 3.56. The van der Waals surface area contributed by atoms with Crippen LogP contribution in [0, 0.1) is 6.92 Å². The predicted molar refractivity (Wildman–Crippen MR) is 110 cm³/mol. The van der Waals surface area contributed by atoms with Crippen molar-refractivity contribution in [1.82, 2.24) is 14.9 Å². The molecule has 0 aliphatic carbocycles. The molecule has 166 valence electrons. The zero-order chi connectivity index (χ0) is 22.5. The number of carbonyl (C=O) groups excluding carboxylic acids is 3. The highest BCUT2D eigenvalue weighted by molar-refractivity contribution is 7.89. The lowest BCUT2D eigenvalue weighted by molar-refractivity contribution is -0.123. The predicted octanol–water partition coefficient (Wildman–Crippen LogP) is 1.95. The summed E-state index contributed by atoms with van der Waals surface area (Å²) in [4.78, 5) is 36.0. The Morgan fingerprint density at radius 2 is 1.73 bits per heavy atom. The molecular formula is C20H29N3O6S. The van der Waals surface area contributed by atoms with Crippen LogP contribution < -0.4 is 10.6 Å². The van der Waals surface area contributed by atoms with Crippen LogP contribution >= 0.6 is 0 Å². The summed E-state index contributed by atoms with van der Waals surface area (Å²) < 4.78 is 32.1. The number of carbonyl (C=O) groups is 3. The average Bonchev–Trinajstić information content (AvgIpc) is 2.65. The third-order valence-corrected chi connectivity index (χ3v) is 6.35. The quantitative estimate of drug-likeness (QED) is 0.676. The number of rotatable bonds is 5. The molecule has 0 saturated carbocycles. The molecular weight excluding hydrogens is 410 g/mol. The van der Waals surface area contributed by atoms with E-state index in [-0.39, 0.29) is 10.5 Å². The molecule has 9 nitrogen and oxygen atoms in total. The minimum Gasteiger partial charge on any atom is -0.452 e. The molecule has 1 aromatic rings. The molecule has 1 aliphatic rings. The fourth-order valence-corrected chi connectivity index (χ4v) is 4.52. The number of imide groups is 1. The number of nitrogens with zero attached hydrogens (tertiary/aromatic N) is 1. The summed E-state index contributed by atoms with van der Waals surface area (Å²) >= 11 is 0. The van der Waals surface area contributed by atoms with Gasteiger partial charge in [-0.25, -0.2) is 18.0 Å². The Hall–Kier alpha value is -2.46. The molecule has 0 aromatic heterocycles. The Kier molecular flexibility index (Phi) is 7.59. The number of hydrogen-bond donors (Lipinski definition) is 2. The molecule has 0 bridgehead atoms. The molecule has 1 heterocycles. The number of ether oxygens (including phenoxy) is 1. The highest BCUT2D eigenvalue weighted by atomic mass is 32.2. The van der Waals surface area contributed by atoms with Crippen molar-refractivity contribution < 1.29 is 27.5 Å². The normalized spacial score (nSPS) is 15.3. The second kappa shape index (κ2) is 9.57. The molecule has 1 aliphatic heterocycles. The summed E-state index contributed by atoms with van der Waals surface area (Å²) in [5.74, 6) is -1.63. The lowest BCUT2D eigenvalue weighted by Gasteiger charge is -2.26. The molecule has 2 N–H and O–H groups in total. The van der Waals surface area contributed by atoms with Crippen LogP contribution in [0.25, 0.3) is 0 Å². The third-order valence-electron chi connectivity index (χ3n) is 4.46. The van der Waals surface area contributed by atoms with E-state index >= 15 is 0 Å². The maximum absolute atomic E-state index is 12.8. The van der Waals surface area contributed by atoms with Gasteiger partial charge in [0.05, 0.1) is 10.5 Å². The van der Waals surface area contributed by atoms with E-state index in [4.69, 9.17) is 4.74 Å². The summed E-state index contributed by atoms with van der Waals surface area (Å²) in [5.41, 5.74) is 0.0434. The van der Waals surface area contributed by atoms with Gasteiger partial charge in [0.25, 0.3) is 5.91 Å². The number of hydrogen-bond acceptors (Lipinski definition) is 6. The standard InChI is InChI=1S/C20H29N3O6S/c1-14-8-9-15(30(27,28)23-10-6-5-7-11-23)12-16(14)18(25)29-13-17(24)21-19(26)22-20(2,3)4/h8-9,12H,5-7,10-11,13H2,1-4H3,(H2,21,22,24,26). The largest absolute Gasteiger partial charge is 0.452 e. The van der Waals surface area contributed by atoms with Gasteiger partial charge in [-0.2, -0.15) is 4.31 Å². The lowest BCUT2D eigenvalue weighted by atomic mass is 10.1. The minimum absolute atomic E-state index is 0.0101. The number of benzene rings is 1. The van der Waals surface area contributed by atoms with E-state index in [0.717, 1.165) is 19.3 Å². The molecule has 3 amide bonds. The minimum atomic E-state index is -3.71. The van der Waals surface area contributed by atoms with Crippen LogP contribution in [0.2, 0.25) is 0 Å². The third kappa shape index (κ3) is 6.53. The first-order valence-electron chi connectivity index (χ1n) is 9.80. The lowest BCUT2D eigenvalue weighted by Crippen LogP contribution is -2.49. The van der Waals surface area contributed by atoms with Gasteiger partial charge in [-0.1, -0.05) is 12.5 Å². The van der Waals surface area contributed by atoms with Crippen LogP contribution in [0.1, 0.15) is 56.0 Å². The van der Waals surface area contributed by atoms with Gasteiger partial charge in [0, 0.05) is 18.6 Å². The van der Waals surface area contributed by atoms with Gasteiger partial charge in [0.2, 0.25) is 10.0 Å². The smallest absolute Gasteiger partial charge is 0.338 e. The molecule has 10 heteroatoms. The van der Waals surface area contributed by atoms with Crippen molar-refractivity contribution in [3.8, 4) is 0 Å². The second-order valence-corrected chi connectivity index (χ2v) is 10.2. The molecule has 30 heavy (non-hydrogen) atoms. The van der Waals surface area contributed by atoms with E-state index in [9.17, 15) is 22.8 Å². The first-order chi connectivity index (χ1) is 13.9. The van der Waals surface area contributed by atoms with Crippen molar-refractivity contribution in [3.05, 3.63) is 29.3 Å². The maximum Gasteiger partial charge on any atom is 0.338 e. The number of aryl methyl sites for hydroxylation is 1. The number of piperidine rings is 1. The Labute approximate surface area is 177 Å². The molecule has 0 spiro atoms. The molecule has 1 fully saturated rings. The van der Waals surface area contributed by atoms with Gasteiger partial charge < -0.3 is 10.1 Å². The molecule has 0 atom stereocenters. The fraction of sp³-hybridized carbons (Fsp3) is 0.550. The van der Waals surface area contributed by atoms with E-state index in [1.165, 1.54) is 22.5 Å². The van der Waals surface area contributed by atoms with Gasteiger partial charge in [-0.3, -0.25) is 10.1 Å². The van der Waals surface area contributed by atoms with Crippen LogP contribution in [0.4, 0.5) is 4.79 Å². The van der Waals surface area contributed by atoms with E-state index in [2.05, 4.69) is 10.6 Å². The van der Waals surface area contributed by atoms with Crippen LogP contribution in [-0.4, -0.2) is 55.9 Å². The molecule has 0 radical (unpaired) electrons.